The van der Waals surface area contributed by atoms with E-state index in [2.05, 4.69) is 9.97 Å². The third-order valence-electron chi connectivity index (χ3n) is 5.55. The Bertz CT molecular complexity index is 990. The lowest BCUT2D eigenvalue weighted by Gasteiger charge is -2.32. The Morgan fingerprint density at radius 1 is 1.23 bits per heavy atom. The molecule has 0 spiro atoms. The van der Waals surface area contributed by atoms with Gasteiger partial charge in [-0.25, -0.2) is 4.98 Å². The van der Waals surface area contributed by atoms with Crippen LogP contribution in [-0.4, -0.2) is 52.4 Å². The molecule has 7 heteroatoms. The molecule has 4 rings (SSSR count). The molecule has 1 fully saturated rings. The van der Waals surface area contributed by atoms with Crippen LogP contribution in [0.15, 0.2) is 59.3 Å². The summed E-state index contributed by atoms with van der Waals surface area (Å²) in [7, 11) is 1.95. The van der Waals surface area contributed by atoms with Crippen LogP contribution in [0.1, 0.15) is 41.7 Å². The van der Waals surface area contributed by atoms with E-state index in [0.717, 1.165) is 47.3 Å². The maximum Gasteiger partial charge on any atom is 0.236 e. The van der Waals surface area contributed by atoms with Crippen molar-refractivity contribution >= 4 is 17.5 Å². The number of nitrogens with zero attached hydrogens (tertiary/aromatic N) is 4. The van der Waals surface area contributed by atoms with Gasteiger partial charge < -0.3 is 9.32 Å². The second kappa shape index (κ2) is 10.1. The summed E-state index contributed by atoms with van der Waals surface area (Å²) in [4.78, 5) is 25.6. The van der Waals surface area contributed by atoms with Crippen molar-refractivity contribution in [2.45, 2.75) is 31.7 Å². The zero-order valence-electron chi connectivity index (χ0n) is 17.7. The SMILES string of the molecule is CN(CC(=O)N1CCC[C@@H](c2ncc(Cc3ccc(Cl)cc3)o2)C1)Cc1ccccn1. The van der Waals surface area contributed by atoms with Gasteiger partial charge in [0.05, 0.1) is 24.4 Å². The minimum Gasteiger partial charge on any atom is -0.445 e. The zero-order valence-corrected chi connectivity index (χ0v) is 18.5. The van der Waals surface area contributed by atoms with E-state index in [1.54, 1.807) is 12.4 Å². The summed E-state index contributed by atoms with van der Waals surface area (Å²) in [6.45, 7) is 2.45. The number of likely N-dealkylation sites (N-methyl/N-ethyl adjacent to an activating group) is 1. The number of benzene rings is 1. The molecule has 162 valence electrons. The van der Waals surface area contributed by atoms with Crippen LogP contribution in [0.4, 0.5) is 0 Å². The van der Waals surface area contributed by atoms with Crippen molar-refractivity contribution in [2.75, 3.05) is 26.7 Å². The summed E-state index contributed by atoms with van der Waals surface area (Å²) in [5.41, 5.74) is 2.09. The van der Waals surface area contributed by atoms with Crippen molar-refractivity contribution in [3.05, 3.63) is 82.8 Å². The number of amides is 1. The van der Waals surface area contributed by atoms with E-state index in [4.69, 9.17) is 16.0 Å². The number of carbonyl (C=O) groups excluding carboxylic acids is 1. The van der Waals surface area contributed by atoms with Crippen molar-refractivity contribution in [1.29, 1.82) is 0 Å². The van der Waals surface area contributed by atoms with E-state index in [1.165, 1.54) is 0 Å². The highest BCUT2D eigenvalue weighted by molar-refractivity contribution is 6.30. The normalized spacial score (nSPS) is 16.6. The Labute approximate surface area is 187 Å². The first-order valence-electron chi connectivity index (χ1n) is 10.6. The fourth-order valence-corrected chi connectivity index (χ4v) is 4.08. The van der Waals surface area contributed by atoms with Gasteiger partial charge in [-0.15, -0.1) is 0 Å². The molecular formula is C24H27ClN4O2. The van der Waals surface area contributed by atoms with Crippen LogP contribution in [0.2, 0.25) is 5.02 Å². The molecule has 1 saturated heterocycles. The molecule has 2 aromatic heterocycles. The van der Waals surface area contributed by atoms with Gasteiger partial charge in [0.2, 0.25) is 5.91 Å². The van der Waals surface area contributed by atoms with Gasteiger partial charge in [-0.1, -0.05) is 29.8 Å². The summed E-state index contributed by atoms with van der Waals surface area (Å²) < 4.78 is 6.04. The van der Waals surface area contributed by atoms with Gasteiger partial charge in [0.1, 0.15) is 5.76 Å². The van der Waals surface area contributed by atoms with Crippen molar-refractivity contribution < 1.29 is 9.21 Å². The Balaban J connectivity index is 1.32. The maximum atomic E-state index is 12.9. The standard InChI is InChI=1S/C24H27ClN4O2/c1-28(16-21-6-2-3-11-26-21)17-23(30)29-12-4-5-19(15-29)24-27-14-22(31-24)13-18-7-9-20(25)10-8-18/h2-3,6-11,14,19H,4-5,12-13,15-17H2,1H3/t19-/m1/s1. The molecule has 1 atom stereocenters. The number of piperidine rings is 1. The minimum absolute atomic E-state index is 0.135. The van der Waals surface area contributed by atoms with Crippen LogP contribution in [0, 0.1) is 0 Å². The van der Waals surface area contributed by atoms with Crippen molar-refractivity contribution in [2.24, 2.45) is 0 Å². The fraction of sp³-hybridized carbons (Fsp3) is 0.375. The molecule has 3 aromatic rings. The van der Waals surface area contributed by atoms with E-state index in [9.17, 15) is 4.79 Å². The van der Waals surface area contributed by atoms with Crippen LogP contribution < -0.4 is 0 Å². The van der Waals surface area contributed by atoms with E-state index in [-0.39, 0.29) is 11.8 Å². The van der Waals surface area contributed by atoms with Gasteiger partial charge >= 0.3 is 0 Å². The Kier molecular flexibility index (Phi) is 6.99. The van der Waals surface area contributed by atoms with Gasteiger partial charge in [0.15, 0.2) is 5.89 Å². The summed E-state index contributed by atoms with van der Waals surface area (Å²) in [5, 5.41) is 0.722. The minimum atomic E-state index is 0.135. The number of pyridine rings is 1. The van der Waals surface area contributed by atoms with Crippen LogP contribution in [0.25, 0.3) is 0 Å². The molecule has 0 N–H and O–H groups in total. The first kappa shape index (κ1) is 21.5. The summed E-state index contributed by atoms with van der Waals surface area (Å²) in [5.74, 6) is 1.83. The fourth-order valence-electron chi connectivity index (χ4n) is 3.96. The molecule has 0 bridgehead atoms. The summed E-state index contributed by atoms with van der Waals surface area (Å²) >= 11 is 5.96. The lowest BCUT2D eigenvalue weighted by molar-refractivity contribution is -0.133. The van der Waals surface area contributed by atoms with Crippen LogP contribution in [0.3, 0.4) is 0 Å². The molecule has 31 heavy (non-hydrogen) atoms. The number of oxazole rings is 1. The molecule has 0 radical (unpaired) electrons. The lowest BCUT2D eigenvalue weighted by Crippen LogP contribution is -2.43. The van der Waals surface area contributed by atoms with Gasteiger partial charge in [-0.3, -0.25) is 14.7 Å². The van der Waals surface area contributed by atoms with Gasteiger partial charge in [-0.2, -0.15) is 0 Å². The average molecular weight is 439 g/mol. The number of rotatable bonds is 7. The van der Waals surface area contributed by atoms with Crippen LogP contribution >= 0.6 is 11.6 Å². The molecule has 3 heterocycles. The second-order valence-electron chi connectivity index (χ2n) is 8.14. The number of carbonyl (C=O) groups is 1. The van der Waals surface area contributed by atoms with E-state index >= 15 is 0 Å². The smallest absolute Gasteiger partial charge is 0.236 e. The monoisotopic (exact) mass is 438 g/mol. The lowest BCUT2D eigenvalue weighted by atomic mass is 9.98. The number of halogens is 1. The van der Waals surface area contributed by atoms with E-state index < -0.39 is 0 Å². The molecule has 1 amide bonds. The molecular weight excluding hydrogens is 412 g/mol. The molecule has 1 aromatic carbocycles. The summed E-state index contributed by atoms with van der Waals surface area (Å²) in [6.07, 6.45) is 6.19. The predicted octanol–water partition coefficient (Wildman–Crippen LogP) is 4.15. The molecule has 0 saturated carbocycles. The van der Waals surface area contributed by atoms with Crippen molar-refractivity contribution in [3.63, 3.8) is 0 Å². The Morgan fingerprint density at radius 2 is 2.06 bits per heavy atom. The first-order valence-corrected chi connectivity index (χ1v) is 11.0. The highest BCUT2D eigenvalue weighted by Crippen LogP contribution is 2.27. The zero-order chi connectivity index (χ0) is 21.6. The topological polar surface area (TPSA) is 62.5 Å². The van der Waals surface area contributed by atoms with Gasteiger partial charge in [0, 0.05) is 37.3 Å². The number of aromatic nitrogens is 2. The highest BCUT2D eigenvalue weighted by atomic mass is 35.5. The van der Waals surface area contributed by atoms with Crippen molar-refractivity contribution in [1.82, 2.24) is 19.8 Å². The van der Waals surface area contributed by atoms with E-state index in [0.29, 0.717) is 26.1 Å². The number of likely N-dealkylation sites (tertiary alicyclic amines) is 1. The molecule has 0 aliphatic carbocycles. The largest absolute Gasteiger partial charge is 0.445 e. The Morgan fingerprint density at radius 3 is 2.84 bits per heavy atom. The molecule has 1 aliphatic heterocycles. The second-order valence-corrected chi connectivity index (χ2v) is 8.58. The number of hydrogen-bond donors (Lipinski definition) is 0. The number of hydrogen-bond acceptors (Lipinski definition) is 5. The first-order chi connectivity index (χ1) is 15.1. The van der Waals surface area contributed by atoms with Gasteiger partial charge in [0.25, 0.3) is 0 Å². The van der Waals surface area contributed by atoms with Gasteiger partial charge in [-0.05, 0) is 49.7 Å². The quantitative estimate of drug-likeness (QED) is 0.554. The van der Waals surface area contributed by atoms with Crippen molar-refractivity contribution in [3.8, 4) is 0 Å². The van der Waals surface area contributed by atoms with Crippen LogP contribution in [0.5, 0.6) is 0 Å². The maximum absolute atomic E-state index is 12.9. The highest BCUT2D eigenvalue weighted by Gasteiger charge is 2.28. The molecule has 0 unspecified atom stereocenters. The van der Waals surface area contributed by atoms with E-state index in [1.807, 2.05) is 59.3 Å². The predicted molar refractivity (Wildman–Crippen MR) is 120 cm³/mol. The third-order valence-corrected chi connectivity index (χ3v) is 5.80. The molecule has 6 nitrogen and oxygen atoms in total. The Hall–Kier alpha value is -2.70. The van der Waals surface area contributed by atoms with Crippen LogP contribution in [-0.2, 0) is 17.8 Å². The third kappa shape index (κ3) is 5.93. The summed E-state index contributed by atoms with van der Waals surface area (Å²) in [6, 6.07) is 13.6. The molecule has 1 aliphatic rings. The average Bonchev–Trinajstić information content (AvgIpc) is 3.24.